The summed E-state index contributed by atoms with van der Waals surface area (Å²) in [4.78, 5) is 17.0. The molecule has 7 heteroatoms. The number of aromatic nitrogens is 1. The molecule has 4 nitrogen and oxygen atoms in total. The van der Waals surface area contributed by atoms with Gasteiger partial charge in [0.15, 0.2) is 0 Å². The van der Waals surface area contributed by atoms with Crippen molar-refractivity contribution >= 4 is 11.7 Å². The van der Waals surface area contributed by atoms with Crippen LogP contribution in [-0.2, 0) is 4.79 Å². The number of carbonyl (C=O) groups is 1. The molecule has 1 aliphatic carbocycles. The van der Waals surface area contributed by atoms with E-state index in [1.807, 2.05) is 0 Å². The van der Waals surface area contributed by atoms with Gasteiger partial charge in [-0.3, -0.25) is 9.69 Å². The van der Waals surface area contributed by atoms with Crippen molar-refractivity contribution in [3.8, 4) is 0 Å². The molecule has 1 saturated carbocycles. The largest absolute Gasteiger partial charge is 0.469 e. The average molecular weight is 310 g/mol. The van der Waals surface area contributed by atoms with Crippen molar-refractivity contribution in [2.75, 3.05) is 11.4 Å². The van der Waals surface area contributed by atoms with E-state index in [-0.39, 0.29) is 11.7 Å². The summed E-state index contributed by atoms with van der Waals surface area (Å²) in [6.45, 7) is -1.34. The lowest BCUT2D eigenvalue weighted by Crippen LogP contribution is -2.40. The van der Waals surface area contributed by atoms with Crippen LogP contribution in [0.4, 0.5) is 19.0 Å². The van der Waals surface area contributed by atoms with Gasteiger partial charge in [-0.05, 0) is 30.7 Å². The quantitative estimate of drug-likeness (QED) is 0.870. The minimum Gasteiger partial charge on any atom is -0.469 e. The average Bonchev–Trinajstić information content (AvgIpc) is 3.09. The normalized spacial score (nSPS) is 20.7. The molecule has 0 saturated heterocycles. The molecular formula is C15H13F3N2O2. The molecule has 116 valence electrons. The maximum atomic E-state index is 12.8. The fraction of sp³-hybridized carbons (Fsp3) is 0.333. The molecule has 3 rings (SSSR count). The molecule has 0 radical (unpaired) electrons. The van der Waals surface area contributed by atoms with Crippen molar-refractivity contribution in [1.82, 2.24) is 4.98 Å². The molecule has 22 heavy (non-hydrogen) atoms. The lowest BCUT2D eigenvalue weighted by Gasteiger charge is -2.23. The smallest absolute Gasteiger partial charge is 0.406 e. The molecule has 0 aromatic carbocycles. The van der Waals surface area contributed by atoms with E-state index in [1.54, 1.807) is 24.3 Å². The van der Waals surface area contributed by atoms with E-state index in [4.69, 9.17) is 4.42 Å². The van der Waals surface area contributed by atoms with Crippen molar-refractivity contribution in [1.29, 1.82) is 0 Å². The minimum atomic E-state index is -4.48. The maximum Gasteiger partial charge on any atom is 0.406 e. The monoisotopic (exact) mass is 310 g/mol. The highest BCUT2D eigenvalue weighted by Gasteiger charge is 2.49. The number of halogens is 3. The van der Waals surface area contributed by atoms with Crippen LogP contribution in [0.15, 0.2) is 47.2 Å². The maximum absolute atomic E-state index is 12.8. The Morgan fingerprint density at radius 2 is 2.14 bits per heavy atom. The predicted molar refractivity (Wildman–Crippen MR) is 72.2 cm³/mol. The van der Waals surface area contributed by atoms with Gasteiger partial charge in [0.05, 0.1) is 6.26 Å². The Balaban J connectivity index is 1.79. The van der Waals surface area contributed by atoms with Gasteiger partial charge < -0.3 is 4.42 Å². The lowest BCUT2D eigenvalue weighted by atomic mass is 10.2. The molecular weight excluding hydrogens is 297 g/mol. The number of alkyl halides is 3. The fourth-order valence-corrected chi connectivity index (χ4v) is 2.45. The molecule has 0 bridgehead atoms. The first-order valence-electron chi connectivity index (χ1n) is 6.78. The Morgan fingerprint density at radius 3 is 2.73 bits per heavy atom. The van der Waals surface area contributed by atoms with Crippen molar-refractivity contribution in [3.05, 3.63) is 48.6 Å². The third-order valence-electron chi connectivity index (χ3n) is 3.55. The van der Waals surface area contributed by atoms with Crippen LogP contribution in [0.5, 0.6) is 0 Å². The Kier molecular flexibility index (Phi) is 3.64. The lowest BCUT2D eigenvalue weighted by molar-refractivity contribution is -0.133. The summed E-state index contributed by atoms with van der Waals surface area (Å²) < 4.78 is 43.5. The zero-order chi connectivity index (χ0) is 15.7. The van der Waals surface area contributed by atoms with E-state index < -0.39 is 24.5 Å². The van der Waals surface area contributed by atoms with Crippen molar-refractivity contribution < 1.29 is 22.4 Å². The van der Waals surface area contributed by atoms with Crippen molar-refractivity contribution in [3.63, 3.8) is 0 Å². The number of hydrogen-bond acceptors (Lipinski definition) is 3. The van der Waals surface area contributed by atoms with Crippen LogP contribution < -0.4 is 4.90 Å². The fourth-order valence-electron chi connectivity index (χ4n) is 2.45. The summed E-state index contributed by atoms with van der Waals surface area (Å²) in [5.41, 5.74) is 0. The predicted octanol–water partition coefficient (Wildman–Crippen LogP) is 3.37. The molecule has 0 N–H and O–H groups in total. The first-order valence-corrected chi connectivity index (χ1v) is 6.78. The van der Waals surface area contributed by atoms with Crippen LogP contribution in [0, 0.1) is 5.92 Å². The van der Waals surface area contributed by atoms with Gasteiger partial charge in [-0.25, -0.2) is 4.98 Å². The molecule has 2 aromatic rings. The number of carbonyl (C=O) groups excluding carboxylic acids is 1. The van der Waals surface area contributed by atoms with Gasteiger partial charge in [0.1, 0.15) is 18.1 Å². The molecule has 0 spiro atoms. The van der Waals surface area contributed by atoms with Gasteiger partial charge >= 0.3 is 6.18 Å². The summed E-state index contributed by atoms with van der Waals surface area (Å²) in [6, 6.07) is 7.96. The van der Waals surface area contributed by atoms with Gasteiger partial charge in [0.25, 0.3) is 0 Å². The first kappa shape index (κ1) is 14.6. The zero-order valence-corrected chi connectivity index (χ0v) is 11.5. The number of hydrogen-bond donors (Lipinski definition) is 0. The highest BCUT2D eigenvalue weighted by Crippen LogP contribution is 2.49. The molecule has 0 aliphatic heterocycles. The van der Waals surface area contributed by atoms with Crippen LogP contribution >= 0.6 is 0 Å². The third-order valence-corrected chi connectivity index (χ3v) is 3.55. The van der Waals surface area contributed by atoms with Gasteiger partial charge in [0.2, 0.25) is 5.91 Å². The first-order chi connectivity index (χ1) is 10.5. The molecule has 2 aromatic heterocycles. The van der Waals surface area contributed by atoms with Gasteiger partial charge in [0, 0.05) is 18.0 Å². The Labute approximate surface area is 124 Å². The number of rotatable bonds is 4. The highest BCUT2D eigenvalue weighted by atomic mass is 19.4. The van der Waals surface area contributed by atoms with E-state index in [2.05, 4.69) is 4.98 Å². The molecule has 2 atom stereocenters. The molecule has 1 amide bonds. The van der Waals surface area contributed by atoms with E-state index in [9.17, 15) is 18.0 Å². The second-order valence-electron chi connectivity index (χ2n) is 5.19. The minimum absolute atomic E-state index is 0.00919. The molecule has 1 fully saturated rings. The zero-order valence-electron chi connectivity index (χ0n) is 11.5. The van der Waals surface area contributed by atoms with Crippen LogP contribution in [0.3, 0.4) is 0 Å². The summed E-state index contributed by atoms with van der Waals surface area (Å²) in [7, 11) is 0. The Bertz CT molecular complexity index is 641. The molecule has 1 aliphatic rings. The topological polar surface area (TPSA) is 46.3 Å². The summed E-state index contributed by atoms with van der Waals surface area (Å²) >= 11 is 0. The van der Waals surface area contributed by atoms with Crippen LogP contribution in [0.2, 0.25) is 0 Å². The number of anilines is 1. The number of pyridine rings is 1. The van der Waals surface area contributed by atoms with E-state index >= 15 is 0 Å². The Hall–Kier alpha value is -2.31. The molecule has 2 heterocycles. The standard InChI is InChI=1S/C15H13F3N2O2/c16-15(17,18)9-20(13-5-1-2-6-19-13)14(21)11-8-10(11)12-4-3-7-22-12/h1-7,10-11H,8-9H2/t10-,11+/m0/s1. The summed E-state index contributed by atoms with van der Waals surface area (Å²) in [6.07, 6.45) is -1.14. The Morgan fingerprint density at radius 1 is 1.32 bits per heavy atom. The van der Waals surface area contributed by atoms with Gasteiger partial charge in [-0.15, -0.1) is 0 Å². The van der Waals surface area contributed by atoms with Gasteiger partial charge in [-0.1, -0.05) is 6.07 Å². The third kappa shape index (κ3) is 3.13. The van der Waals surface area contributed by atoms with E-state index in [0.29, 0.717) is 17.1 Å². The SMILES string of the molecule is O=C([C@@H]1C[C@@H]1c1ccco1)N(CC(F)(F)F)c1ccccn1. The van der Waals surface area contributed by atoms with Crippen molar-refractivity contribution in [2.24, 2.45) is 5.92 Å². The van der Waals surface area contributed by atoms with Crippen LogP contribution in [0.25, 0.3) is 0 Å². The highest BCUT2D eigenvalue weighted by molar-refractivity contribution is 5.96. The number of amides is 1. The number of furan rings is 1. The summed E-state index contributed by atoms with van der Waals surface area (Å²) in [5.74, 6) is -0.573. The van der Waals surface area contributed by atoms with E-state index in [0.717, 1.165) is 0 Å². The van der Waals surface area contributed by atoms with Gasteiger partial charge in [-0.2, -0.15) is 13.2 Å². The van der Waals surface area contributed by atoms with Crippen molar-refractivity contribution in [2.45, 2.75) is 18.5 Å². The summed E-state index contributed by atoms with van der Waals surface area (Å²) in [5, 5.41) is 0. The number of nitrogens with zero attached hydrogens (tertiary/aromatic N) is 2. The molecule has 0 unspecified atom stereocenters. The second kappa shape index (κ2) is 5.47. The van der Waals surface area contributed by atoms with Crippen LogP contribution in [0.1, 0.15) is 18.1 Å². The van der Waals surface area contributed by atoms with E-state index in [1.165, 1.54) is 18.5 Å². The van der Waals surface area contributed by atoms with Crippen LogP contribution in [-0.4, -0.2) is 23.6 Å². The second-order valence-corrected chi connectivity index (χ2v) is 5.19.